The second-order valence-corrected chi connectivity index (χ2v) is 6.83. The Kier molecular flexibility index (Phi) is 4.76. The minimum absolute atomic E-state index is 0.0636. The zero-order chi connectivity index (χ0) is 16.2. The molecule has 1 aromatic carbocycles. The average Bonchev–Trinajstić information content (AvgIpc) is 2.96. The number of methoxy groups -OCH3 is 1. The van der Waals surface area contributed by atoms with E-state index in [0.29, 0.717) is 5.13 Å². The van der Waals surface area contributed by atoms with Gasteiger partial charge in [-0.2, -0.15) is 0 Å². The van der Waals surface area contributed by atoms with Gasteiger partial charge in [0.15, 0.2) is 5.13 Å². The number of amides is 1. The van der Waals surface area contributed by atoms with Crippen molar-refractivity contribution in [2.24, 2.45) is 5.92 Å². The maximum atomic E-state index is 12.3. The Hall–Kier alpha value is -2.14. The van der Waals surface area contributed by atoms with Gasteiger partial charge in [0.25, 0.3) is 0 Å². The molecule has 0 saturated carbocycles. The fourth-order valence-corrected chi connectivity index (χ4v) is 3.54. The van der Waals surface area contributed by atoms with Crippen molar-refractivity contribution in [1.29, 1.82) is 0 Å². The number of aryl methyl sites for hydroxylation is 1. The molecule has 1 aliphatic rings. The predicted molar refractivity (Wildman–Crippen MR) is 93.9 cm³/mol. The van der Waals surface area contributed by atoms with Crippen molar-refractivity contribution in [2.45, 2.75) is 26.2 Å². The summed E-state index contributed by atoms with van der Waals surface area (Å²) in [5.74, 6) is 0.957. The molecular weight excluding hydrogens is 308 g/mol. The number of nitrogens with one attached hydrogen (secondary N) is 1. The van der Waals surface area contributed by atoms with Crippen LogP contribution in [0.4, 0.5) is 5.13 Å². The van der Waals surface area contributed by atoms with Gasteiger partial charge in [-0.3, -0.25) is 4.79 Å². The third kappa shape index (κ3) is 3.62. The Morgan fingerprint density at radius 3 is 2.74 bits per heavy atom. The number of benzene rings is 1. The van der Waals surface area contributed by atoms with Crippen molar-refractivity contribution in [2.75, 3.05) is 12.4 Å². The lowest BCUT2D eigenvalue weighted by molar-refractivity contribution is -0.120. The molecule has 0 radical (unpaired) electrons. The molecule has 120 valence electrons. The highest BCUT2D eigenvalue weighted by Gasteiger charge is 2.20. The maximum absolute atomic E-state index is 12.3. The Morgan fingerprint density at radius 1 is 1.30 bits per heavy atom. The lowest BCUT2D eigenvalue weighted by atomic mass is 9.94. The van der Waals surface area contributed by atoms with Crippen molar-refractivity contribution in [3.05, 3.63) is 41.3 Å². The summed E-state index contributed by atoms with van der Waals surface area (Å²) in [6.07, 6.45) is 6.94. The van der Waals surface area contributed by atoms with Gasteiger partial charge in [-0.15, -0.1) is 11.3 Å². The zero-order valence-electron chi connectivity index (χ0n) is 13.3. The number of carbonyl (C=O) groups excluding carboxylic acids is 1. The van der Waals surface area contributed by atoms with Crippen LogP contribution in [0.3, 0.4) is 0 Å². The molecule has 0 bridgehead atoms. The molecule has 0 unspecified atom stereocenters. The molecule has 2 aromatic rings. The molecule has 0 spiro atoms. The number of rotatable bonds is 4. The second-order valence-electron chi connectivity index (χ2n) is 5.62. The number of thiazole rings is 1. The van der Waals surface area contributed by atoms with E-state index >= 15 is 0 Å². The molecule has 3 rings (SSSR count). The first-order valence-electron chi connectivity index (χ1n) is 7.75. The van der Waals surface area contributed by atoms with Gasteiger partial charge in [0, 0.05) is 16.4 Å². The van der Waals surface area contributed by atoms with E-state index in [1.165, 1.54) is 11.3 Å². The number of allylic oxidation sites excluding steroid dienone is 2. The van der Waals surface area contributed by atoms with Gasteiger partial charge in [-0.05, 0) is 50.5 Å². The summed E-state index contributed by atoms with van der Waals surface area (Å²) in [5.41, 5.74) is 1.94. The average molecular weight is 328 g/mol. The molecule has 1 N–H and O–H groups in total. The molecular formula is C18H20N2O2S. The minimum Gasteiger partial charge on any atom is -0.497 e. The molecule has 0 fully saturated rings. The van der Waals surface area contributed by atoms with E-state index in [9.17, 15) is 4.79 Å². The second kappa shape index (κ2) is 6.96. The van der Waals surface area contributed by atoms with Gasteiger partial charge < -0.3 is 10.1 Å². The Labute approximate surface area is 140 Å². The van der Waals surface area contributed by atoms with Crippen LogP contribution in [0.1, 0.15) is 24.1 Å². The van der Waals surface area contributed by atoms with E-state index in [-0.39, 0.29) is 11.8 Å². The van der Waals surface area contributed by atoms with Crippen LogP contribution < -0.4 is 10.1 Å². The topological polar surface area (TPSA) is 51.2 Å². The van der Waals surface area contributed by atoms with Gasteiger partial charge in [0.1, 0.15) is 5.75 Å². The molecule has 23 heavy (non-hydrogen) atoms. The zero-order valence-corrected chi connectivity index (χ0v) is 14.2. The quantitative estimate of drug-likeness (QED) is 0.845. The number of carbonyl (C=O) groups is 1. The molecule has 0 saturated heterocycles. The van der Waals surface area contributed by atoms with E-state index in [4.69, 9.17) is 4.74 Å². The molecule has 5 heteroatoms. The summed E-state index contributed by atoms with van der Waals surface area (Å²) >= 11 is 1.52. The van der Waals surface area contributed by atoms with Crippen LogP contribution in [0.25, 0.3) is 11.3 Å². The third-order valence-corrected chi connectivity index (χ3v) is 4.92. The molecule has 1 aromatic heterocycles. The van der Waals surface area contributed by atoms with Crippen LogP contribution in [0.2, 0.25) is 0 Å². The Balaban J connectivity index is 1.74. The number of nitrogens with zero attached hydrogens (tertiary/aromatic N) is 1. The number of anilines is 1. The summed E-state index contributed by atoms with van der Waals surface area (Å²) in [7, 11) is 1.65. The first kappa shape index (κ1) is 15.7. The summed E-state index contributed by atoms with van der Waals surface area (Å²) < 4.78 is 5.18. The number of hydrogen-bond acceptors (Lipinski definition) is 4. The van der Waals surface area contributed by atoms with E-state index < -0.39 is 0 Å². The Bertz CT molecular complexity index is 719. The molecule has 0 aliphatic heterocycles. The molecule has 1 amide bonds. The first-order chi connectivity index (χ1) is 11.2. The molecule has 4 nitrogen and oxygen atoms in total. The van der Waals surface area contributed by atoms with Gasteiger partial charge in [-0.1, -0.05) is 12.2 Å². The number of hydrogen-bond donors (Lipinski definition) is 1. The number of aromatic nitrogens is 1. The highest BCUT2D eigenvalue weighted by atomic mass is 32.1. The first-order valence-corrected chi connectivity index (χ1v) is 8.56. The van der Waals surface area contributed by atoms with Gasteiger partial charge >= 0.3 is 0 Å². The highest BCUT2D eigenvalue weighted by Crippen LogP contribution is 2.32. The number of ether oxygens (including phenoxy) is 1. The molecule has 1 aliphatic carbocycles. The van der Waals surface area contributed by atoms with Crippen molar-refractivity contribution in [1.82, 2.24) is 4.98 Å². The minimum atomic E-state index is 0.0636. The van der Waals surface area contributed by atoms with E-state index in [1.54, 1.807) is 7.11 Å². The predicted octanol–water partition coefficient (Wildman–Crippen LogP) is 4.42. The fourth-order valence-electron chi connectivity index (χ4n) is 2.71. The maximum Gasteiger partial charge on any atom is 0.229 e. The van der Waals surface area contributed by atoms with E-state index in [2.05, 4.69) is 22.5 Å². The van der Waals surface area contributed by atoms with Crippen molar-refractivity contribution in [3.8, 4) is 17.0 Å². The van der Waals surface area contributed by atoms with Gasteiger partial charge in [-0.25, -0.2) is 4.98 Å². The lowest BCUT2D eigenvalue weighted by Crippen LogP contribution is -2.23. The van der Waals surface area contributed by atoms with Crippen LogP contribution >= 0.6 is 11.3 Å². The van der Waals surface area contributed by atoms with Crippen LogP contribution in [0.15, 0.2) is 36.4 Å². The third-order valence-electron chi connectivity index (χ3n) is 4.03. The van der Waals surface area contributed by atoms with Gasteiger partial charge in [0.2, 0.25) is 5.91 Å². The smallest absolute Gasteiger partial charge is 0.229 e. The van der Waals surface area contributed by atoms with Crippen molar-refractivity contribution >= 4 is 22.4 Å². The highest BCUT2D eigenvalue weighted by molar-refractivity contribution is 7.16. The normalized spacial score (nSPS) is 17.0. The van der Waals surface area contributed by atoms with Crippen LogP contribution in [-0.4, -0.2) is 18.0 Å². The van der Waals surface area contributed by atoms with E-state index in [1.807, 2.05) is 31.2 Å². The SMILES string of the molecule is COc1ccc(-c2nc(NC(=O)[C@@H]3CC=CCC3)sc2C)cc1. The monoisotopic (exact) mass is 328 g/mol. The summed E-state index contributed by atoms with van der Waals surface area (Å²) in [6, 6.07) is 7.80. The Morgan fingerprint density at radius 2 is 2.09 bits per heavy atom. The molecule has 1 heterocycles. The molecule has 1 atom stereocenters. The standard InChI is InChI=1S/C18H20N2O2S/c1-12-16(13-8-10-15(22-2)11-9-13)19-18(23-12)20-17(21)14-6-4-3-5-7-14/h3-4,8-11,14H,5-7H2,1-2H3,(H,19,20,21)/t14-/m1/s1. The van der Waals surface area contributed by atoms with Crippen LogP contribution in [0, 0.1) is 12.8 Å². The summed E-state index contributed by atoms with van der Waals surface area (Å²) in [5, 5.41) is 3.65. The van der Waals surface area contributed by atoms with Crippen molar-refractivity contribution in [3.63, 3.8) is 0 Å². The summed E-state index contributed by atoms with van der Waals surface area (Å²) in [4.78, 5) is 18.0. The lowest BCUT2D eigenvalue weighted by Gasteiger charge is -2.15. The van der Waals surface area contributed by atoms with Crippen LogP contribution in [0.5, 0.6) is 5.75 Å². The van der Waals surface area contributed by atoms with Crippen LogP contribution in [-0.2, 0) is 4.79 Å². The van der Waals surface area contributed by atoms with E-state index in [0.717, 1.165) is 41.1 Å². The summed E-state index contributed by atoms with van der Waals surface area (Å²) in [6.45, 7) is 2.02. The van der Waals surface area contributed by atoms with Gasteiger partial charge in [0.05, 0.1) is 12.8 Å². The fraction of sp³-hybridized carbons (Fsp3) is 0.333. The van der Waals surface area contributed by atoms with Crippen molar-refractivity contribution < 1.29 is 9.53 Å². The largest absolute Gasteiger partial charge is 0.497 e.